The normalized spacial score (nSPS) is 14.3. The summed E-state index contributed by atoms with van der Waals surface area (Å²) in [5.74, 6) is 0.373. The van der Waals surface area contributed by atoms with E-state index in [1.807, 2.05) is 12.1 Å². The van der Waals surface area contributed by atoms with E-state index in [1.54, 1.807) is 13.2 Å². The van der Waals surface area contributed by atoms with Crippen molar-refractivity contribution in [2.75, 3.05) is 6.61 Å². The van der Waals surface area contributed by atoms with Gasteiger partial charge in [0.2, 0.25) is 0 Å². The Morgan fingerprint density at radius 2 is 2.24 bits per heavy atom. The summed E-state index contributed by atoms with van der Waals surface area (Å²) in [7, 11) is 0. The fraction of sp³-hybridized carbons (Fsp3) is 0.412. The monoisotopic (exact) mass is 288 g/mol. The average Bonchev–Trinajstić information content (AvgIpc) is 3.00. The Hall–Kier alpha value is -2.10. The van der Waals surface area contributed by atoms with Crippen molar-refractivity contribution in [3.05, 3.63) is 41.9 Å². The molecule has 112 valence electrons. The van der Waals surface area contributed by atoms with Crippen LogP contribution in [0.1, 0.15) is 44.8 Å². The first-order valence-corrected chi connectivity index (χ1v) is 7.30. The number of carbonyl (C=O) groups excluding carboxylic acids is 2. The first kappa shape index (κ1) is 15.3. The Balaban J connectivity index is 1.84. The van der Waals surface area contributed by atoms with Gasteiger partial charge in [-0.05, 0) is 43.9 Å². The number of rotatable bonds is 7. The molecule has 1 aliphatic rings. The molecule has 0 saturated heterocycles. The summed E-state index contributed by atoms with van der Waals surface area (Å²) >= 11 is 0. The Kier molecular flexibility index (Phi) is 5.55. The second-order valence-corrected chi connectivity index (χ2v) is 4.99. The third-order valence-electron chi connectivity index (χ3n) is 3.36. The predicted octanol–water partition coefficient (Wildman–Crippen LogP) is 3.69. The fourth-order valence-corrected chi connectivity index (χ4v) is 2.34. The lowest BCUT2D eigenvalue weighted by atomic mass is 9.94. The van der Waals surface area contributed by atoms with Crippen LogP contribution in [0, 0.1) is 0 Å². The topological polar surface area (TPSA) is 56.5 Å². The zero-order valence-electron chi connectivity index (χ0n) is 12.3. The van der Waals surface area contributed by atoms with Crippen LogP contribution in [0.25, 0.3) is 5.57 Å². The molecule has 0 aromatic carbocycles. The van der Waals surface area contributed by atoms with Gasteiger partial charge in [0.15, 0.2) is 0 Å². The number of hydrogen-bond acceptors (Lipinski definition) is 4. The lowest BCUT2D eigenvalue weighted by Crippen LogP contribution is -2.11. The van der Waals surface area contributed by atoms with Gasteiger partial charge in [0.05, 0.1) is 12.9 Å². The molecule has 0 unspecified atom stereocenters. The number of allylic oxidation sites excluding steroid dienone is 4. The van der Waals surface area contributed by atoms with Crippen molar-refractivity contribution in [2.24, 2.45) is 0 Å². The first-order chi connectivity index (χ1) is 10.2. The Bertz CT molecular complexity index is 549. The molecule has 0 saturated carbocycles. The third kappa shape index (κ3) is 4.74. The predicted molar refractivity (Wildman–Crippen MR) is 79.5 cm³/mol. The minimum absolute atomic E-state index is 0.0760. The van der Waals surface area contributed by atoms with Gasteiger partial charge < -0.3 is 9.15 Å². The van der Waals surface area contributed by atoms with Crippen LogP contribution in [0.15, 0.2) is 40.5 Å². The minimum Gasteiger partial charge on any atom is -0.466 e. The van der Waals surface area contributed by atoms with Crippen molar-refractivity contribution in [2.45, 2.75) is 39.0 Å². The summed E-state index contributed by atoms with van der Waals surface area (Å²) in [6, 6.07) is 3.82. The molecule has 1 aliphatic carbocycles. The van der Waals surface area contributed by atoms with E-state index in [1.165, 1.54) is 0 Å². The molecule has 2 rings (SSSR count). The number of esters is 1. The molecule has 1 aromatic heterocycles. The highest BCUT2D eigenvalue weighted by atomic mass is 16.5. The van der Waals surface area contributed by atoms with Crippen LogP contribution in [0.5, 0.6) is 0 Å². The van der Waals surface area contributed by atoms with Crippen molar-refractivity contribution in [1.29, 1.82) is 0 Å². The highest BCUT2D eigenvalue weighted by molar-refractivity contribution is 5.95. The Morgan fingerprint density at radius 1 is 1.38 bits per heavy atom. The van der Waals surface area contributed by atoms with Crippen LogP contribution in [-0.2, 0) is 14.3 Å². The van der Waals surface area contributed by atoms with E-state index in [4.69, 9.17) is 9.15 Å². The standard InChI is InChI=1S/C17H20O4/c1-2-20-17(19)12-15(18)9-8-13-5-3-6-14(11-13)16-7-4-10-21-16/h4-5,7,10-11H,2-3,6,8-9,12H2,1H3. The molecule has 0 amide bonds. The van der Waals surface area contributed by atoms with Crippen LogP contribution in [0.2, 0.25) is 0 Å². The quantitative estimate of drug-likeness (QED) is 0.567. The van der Waals surface area contributed by atoms with Crippen LogP contribution < -0.4 is 0 Å². The van der Waals surface area contributed by atoms with E-state index < -0.39 is 5.97 Å². The molecule has 0 fully saturated rings. The number of ether oxygens (including phenoxy) is 1. The van der Waals surface area contributed by atoms with Crippen LogP contribution >= 0.6 is 0 Å². The van der Waals surface area contributed by atoms with Crippen molar-refractivity contribution in [3.8, 4) is 0 Å². The van der Waals surface area contributed by atoms with Gasteiger partial charge in [-0.2, -0.15) is 0 Å². The molecule has 0 radical (unpaired) electrons. The van der Waals surface area contributed by atoms with Gasteiger partial charge in [-0.1, -0.05) is 17.7 Å². The van der Waals surface area contributed by atoms with Gasteiger partial charge in [-0.15, -0.1) is 0 Å². The maximum absolute atomic E-state index is 11.7. The summed E-state index contributed by atoms with van der Waals surface area (Å²) in [4.78, 5) is 22.9. The van der Waals surface area contributed by atoms with Crippen LogP contribution in [-0.4, -0.2) is 18.4 Å². The molecule has 0 spiro atoms. The zero-order valence-corrected chi connectivity index (χ0v) is 12.3. The van der Waals surface area contributed by atoms with Crippen LogP contribution in [0.3, 0.4) is 0 Å². The van der Waals surface area contributed by atoms with Crippen molar-refractivity contribution in [1.82, 2.24) is 0 Å². The first-order valence-electron chi connectivity index (χ1n) is 7.30. The summed E-state index contributed by atoms with van der Waals surface area (Å²) < 4.78 is 10.2. The molecule has 1 heterocycles. The molecule has 21 heavy (non-hydrogen) atoms. The van der Waals surface area contributed by atoms with E-state index in [9.17, 15) is 9.59 Å². The summed E-state index contributed by atoms with van der Waals surface area (Å²) in [5, 5.41) is 0. The number of carbonyl (C=O) groups is 2. The molecular weight excluding hydrogens is 268 g/mol. The van der Waals surface area contributed by atoms with E-state index in [0.29, 0.717) is 19.4 Å². The maximum atomic E-state index is 11.7. The highest BCUT2D eigenvalue weighted by Gasteiger charge is 2.13. The summed E-state index contributed by atoms with van der Waals surface area (Å²) in [6.07, 6.45) is 8.69. The number of hydrogen-bond donors (Lipinski definition) is 0. The lowest BCUT2D eigenvalue weighted by molar-refractivity contribution is -0.145. The summed E-state index contributed by atoms with van der Waals surface area (Å²) in [6.45, 7) is 2.04. The molecule has 0 atom stereocenters. The number of Topliss-reactive ketones (excluding diaryl/α,β-unsaturated/α-hetero) is 1. The van der Waals surface area contributed by atoms with Gasteiger partial charge in [0.1, 0.15) is 18.0 Å². The molecule has 1 aromatic rings. The number of ketones is 1. The van der Waals surface area contributed by atoms with Crippen LogP contribution in [0.4, 0.5) is 0 Å². The number of furan rings is 1. The molecule has 4 heteroatoms. The molecule has 0 N–H and O–H groups in total. The third-order valence-corrected chi connectivity index (χ3v) is 3.36. The van der Waals surface area contributed by atoms with Gasteiger partial charge in [-0.25, -0.2) is 0 Å². The van der Waals surface area contributed by atoms with Crippen molar-refractivity contribution in [3.63, 3.8) is 0 Å². The average molecular weight is 288 g/mol. The maximum Gasteiger partial charge on any atom is 0.313 e. The van der Waals surface area contributed by atoms with E-state index >= 15 is 0 Å². The molecular formula is C17H20O4. The van der Waals surface area contributed by atoms with Gasteiger partial charge in [0.25, 0.3) is 0 Å². The van der Waals surface area contributed by atoms with Gasteiger partial charge in [-0.3, -0.25) is 9.59 Å². The van der Waals surface area contributed by atoms with Crippen molar-refractivity contribution < 1.29 is 18.7 Å². The Labute approximate surface area is 124 Å². The smallest absolute Gasteiger partial charge is 0.313 e. The molecule has 0 bridgehead atoms. The lowest BCUT2D eigenvalue weighted by Gasteiger charge is -2.12. The SMILES string of the molecule is CCOC(=O)CC(=O)CCC1=CCCC(c2ccco2)=C1. The van der Waals surface area contributed by atoms with Gasteiger partial charge in [0, 0.05) is 6.42 Å². The van der Waals surface area contributed by atoms with Crippen molar-refractivity contribution >= 4 is 17.3 Å². The highest BCUT2D eigenvalue weighted by Crippen LogP contribution is 2.28. The molecule has 4 nitrogen and oxygen atoms in total. The zero-order chi connectivity index (χ0) is 15.1. The fourth-order valence-electron chi connectivity index (χ4n) is 2.34. The van der Waals surface area contributed by atoms with E-state index in [2.05, 4.69) is 12.2 Å². The van der Waals surface area contributed by atoms with E-state index in [-0.39, 0.29) is 12.2 Å². The second-order valence-electron chi connectivity index (χ2n) is 4.99. The Morgan fingerprint density at radius 3 is 2.95 bits per heavy atom. The minimum atomic E-state index is -0.438. The van der Waals surface area contributed by atoms with Gasteiger partial charge >= 0.3 is 5.97 Å². The second kappa shape index (κ2) is 7.62. The van der Waals surface area contributed by atoms with E-state index in [0.717, 1.165) is 29.7 Å². The largest absolute Gasteiger partial charge is 0.466 e. The molecule has 0 aliphatic heterocycles. The summed E-state index contributed by atoms with van der Waals surface area (Å²) in [5.41, 5.74) is 2.29.